The molecule has 1 aromatic rings. The number of rotatable bonds is 4. The number of amides is 1. The molecule has 1 N–H and O–H groups in total. The van der Waals surface area contributed by atoms with Gasteiger partial charge in [0.1, 0.15) is 0 Å². The lowest BCUT2D eigenvalue weighted by Crippen LogP contribution is -2.28. The van der Waals surface area contributed by atoms with Gasteiger partial charge in [0.25, 0.3) is 5.91 Å². The molecule has 1 heterocycles. The van der Waals surface area contributed by atoms with Crippen molar-refractivity contribution in [3.8, 4) is 0 Å². The maximum Gasteiger partial charge on any atom is 0.253 e. The van der Waals surface area contributed by atoms with Crippen LogP contribution in [0.3, 0.4) is 0 Å². The molecule has 1 saturated heterocycles. The van der Waals surface area contributed by atoms with Gasteiger partial charge in [-0.3, -0.25) is 4.79 Å². The molecule has 1 amide bonds. The third-order valence-corrected chi connectivity index (χ3v) is 4.73. The van der Waals surface area contributed by atoms with Gasteiger partial charge in [-0.25, -0.2) is 8.42 Å². The topological polar surface area (TPSA) is 74.7 Å². The molecule has 0 spiro atoms. The average molecular weight is 297 g/mol. The van der Waals surface area contributed by atoms with Crippen LogP contribution in [0.15, 0.2) is 29.2 Å². The van der Waals surface area contributed by atoms with E-state index in [9.17, 15) is 13.2 Å². The van der Waals surface area contributed by atoms with Gasteiger partial charge >= 0.3 is 0 Å². The summed E-state index contributed by atoms with van der Waals surface area (Å²) >= 11 is 0. The monoisotopic (exact) mass is 297 g/mol. The molecule has 1 aromatic carbocycles. The number of hydrogen-bond donors (Lipinski definition) is 1. The standard InChI is InChI=1S/C14H19NO4S/c1-20(18,19)13-4-2-3-12(9-13)14(17)15-7-5-11(10-15)6-8-16/h2-4,9,11,16H,5-8,10H2,1H3. The SMILES string of the molecule is CS(=O)(=O)c1cccc(C(=O)N2CCC(CCO)C2)c1. The van der Waals surface area contributed by atoms with E-state index in [-0.39, 0.29) is 17.4 Å². The molecule has 110 valence electrons. The normalized spacial score (nSPS) is 19.3. The van der Waals surface area contributed by atoms with E-state index in [2.05, 4.69) is 0 Å². The third-order valence-electron chi connectivity index (χ3n) is 3.62. The fourth-order valence-electron chi connectivity index (χ4n) is 2.48. The predicted octanol–water partition coefficient (Wildman–Crippen LogP) is 0.935. The third kappa shape index (κ3) is 3.37. The Morgan fingerprint density at radius 2 is 2.20 bits per heavy atom. The maximum absolute atomic E-state index is 12.3. The summed E-state index contributed by atoms with van der Waals surface area (Å²) in [6.07, 6.45) is 2.72. The second kappa shape index (κ2) is 5.93. The van der Waals surface area contributed by atoms with Crippen LogP contribution in [0.25, 0.3) is 0 Å². The number of likely N-dealkylation sites (tertiary alicyclic amines) is 1. The molecule has 1 unspecified atom stereocenters. The Balaban J connectivity index is 2.14. The quantitative estimate of drug-likeness (QED) is 0.897. The molecule has 5 nitrogen and oxygen atoms in total. The molecule has 1 aliphatic rings. The van der Waals surface area contributed by atoms with Crippen molar-refractivity contribution in [1.29, 1.82) is 0 Å². The first-order chi connectivity index (χ1) is 9.41. The molecule has 1 atom stereocenters. The zero-order valence-electron chi connectivity index (χ0n) is 11.4. The minimum absolute atomic E-state index is 0.135. The molecule has 0 saturated carbocycles. The second-order valence-corrected chi connectivity index (χ2v) is 7.23. The van der Waals surface area contributed by atoms with Crippen molar-refractivity contribution in [2.24, 2.45) is 5.92 Å². The number of aliphatic hydroxyl groups excluding tert-OH is 1. The molecular formula is C14H19NO4S. The van der Waals surface area contributed by atoms with Gasteiger partial charge in [-0.05, 0) is 37.0 Å². The van der Waals surface area contributed by atoms with Crippen molar-refractivity contribution in [3.05, 3.63) is 29.8 Å². The first-order valence-electron chi connectivity index (χ1n) is 6.62. The van der Waals surface area contributed by atoms with Crippen LogP contribution >= 0.6 is 0 Å². The van der Waals surface area contributed by atoms with Gasteiger partial charge in [0.05, 0.1) is 4.90 Å². The maximum atomic E-state index is 12.3. The van der Waals surface area contributed by atoms with Crippen LogP contribution in [0.2, 0.25) is 0 Å². The fourth-order valence-corrected chi connectivity index (χ4v) is 3.14. The molecule has 1 fully saturated rings. The molecular weight excluding hydrogens is 278 g/mol. The zero-order chi connectivity index (χ0) is 14.8. The molecule has 0 aliphatic carbocycles. The van der Waals surface area contributed by atoms with E-state index in [1.807, 2.05) is 0 Å². The van der Waals surface area contributed by atoms with Gasteiger partial charge in [-0.15, -0.1) is 0 Å². The molecule has 1 aliphatic heterocycles. The summed E-state index contributed by atoms with van der Waals surface area (Å²) in [6, 6.07) is 6.14. The number of aliphatic hydroxyl groups is 1. The Morgan fingerprint density at radius 1 is 1.45 bits per heavy atom. The number of nitrogens with zero attached hydrogens (tertiary/aromatic N) is 1. The zero-order valence-corrected chi connectivity index (χ0v) is 12.3. The largest absolute Gasteiger partial charge is 0.396 e. The van der Waals surface area contributed by atoms with Crippen molar-refractivity contribution >= 4 is 15.7 Å². The summed E-state index contributed by atoms with van der Waals surface area (Å²) < 4.78 is 23.0. The van der Waals surface area contributed by atoms with Crippen LogP contribution in [0.5, 0.6) is 0 Å². The van der Waals surface area contributed by atoms with Gasteiger partial charge in [0, 0.05) is 31.5 Å². The summed E-state index contributed by atoms with van der Waals surface area (Å²) in [6.45, 7) is 1.42. The number of hydrogen-bond acceptors (Lipinski definition) is 4. The summed E-state index contributed by atoms with van der Waals surface area (Å²) in [5, 5.41) is 8.92. The Morgan fingerprint density at radius 3 is 2.85 bits per heavy atom. The lowest BCUT2D eigenvalue weighted by molar-refractivity contribution is 0.0784. The number of carbonyl (C=O) groups is 1. The Kier molecular flexibility index (Phi) is 4.45. The van der Waals surface area contributed by atoms with Gasteiger partial charge in [0.2, 0.25) is 0 Å². The molecule has 6 heteroatoms. The minimum atomic E-state index is -3.31. The number of carbonyl (C=O) groups excluding carboxylic acids is 1. The fraction of sp³-hybridized carbons (Fsp3) is 0.500. The van der Waals surface area contributed by atoms with Crippen molar-refractivity contribution in [1.82, 2.24) is 4.90 Å². The minimum Gasteiger partial charge on any atom is -0.396 e. The Labute approximate surface area is 119 Å². The van der Waals surface area contributed by atoms with Crippen LogP contribution in [-0.2, 0) is 9.84 Å². The van der Waals surface area contributed by atoms with Crippen LogP contribution < -0.4 is 0 Å². The van der Waals surface area contributed by atoms with E-state index in [4.69, 9.17) is 5.11 Å². The lowest BCUT2D eigenvalue weighted by Gasteiger charge is -2.16. The van der Waals surface area contributed by atoms with Crippen LogP contribution in [-0.4, -0.2) is 50.3 Å². The van der Waals surface area contributed by atoms with Gasteiger partial charge in [0.15, 0.2) is 9.84 Å². The van der Waals surface area contributed by atoms with Crippen LogP contribution in [0.1, 0.15) is 23.2 Å². The van der Waals surface area contributed by atoms with E-state index >= 15 is 0 Å². The first-order valence-corrected chi connectivity index (χ1v) is 8.51. The first kappa shape index (κ1) is 15.0. The van der Waals surface area contributed by atoms with Crippen LogP contribution in [0, 0.1) is 5.92 Å². The summed E-state index contributed by atoms with van der Waals surface area (Å²) in [5.41, 5.74) is 0.401. The summed E-state index contributed by atoms with van der Waals surface area (Å²) in [5.74, 6) is 0.193. The molecule has 20 heavy (non-hydrogen) atoms. The van der Waals surface area contributed by atoms with Gasteiger partial charge < -0.3 is 10.0 Å². The van der Waals surface area contributed by atoms with E-state index < -0.39 is 9.84 Å². The highest BCUT2D eigenvalue weighted by Gasteiger charge is 2.26. The van der Waals surface area contributed by atoms with E-state index in [0.29, 0.717) is 31.0 Å². The van der Waals surface area contributed by atoms with Gasteiger partial charge in [-0.1, -0.05) is 6.07 Å². The average Bonchev–Trinajstić information content (AvgIpc) is 2.86. The smallest absolute Gasteiger partial charge is 0.253 e. The van der Waals surface area contributed by atoms with Crippen molar-refractivity contribution in [2.75, 3.05) is 26.0 Å². The molecule has 0 aromatic heterocycles. The highest BCUT2D eigenvalue weighted by Crippen LogP contribution is 2.22. The van der Waals surface area contributed by atoms with Crippen molar-refractivity contribution in [2.45, 2.75) is 17.7 Å². The van der Waals surface area contributed by atoms with E-state index in [0.717, 1.165) is 12.7 Å². The second-order valence-electron chi connectivity index (χ2n) is 5.22. The molecule has 0 bridgehead atoms. The number of benzene rings is 1. The number of sulfone groups is 1. The van der Waals surface area contributed by atoms with Crippen molar-refractivity contribution in [3.63, 3.8) is 0 Å². The Bertz CT molecular complexity index is 597. The predicted molar refractivity (Wildman–Crippen MR) is 75.3 cm³/mol. The highest BCUT2D eigenvalue weighted by atomic mass is 32.2. The van der Waals surface area contributed by atoms with E-state index in [1.165, 1.54) is 12.1 Å². The van der Waals surface area contributed by atoms with Gasteiger partial charge in [-0.2, -0.15) is 0 Å². The highest BCUT2D eigenvalue weighted by molar-refractivity contribution is 7.90. The Hall–Kier alpha value is -1.40. The lowest BCUT2D eigenvalue weighted by atomic mass is 10.1. The van der Waals surface area contributed by atoms with Crippen LogP contribution in [0.4, 0.5) is 0 Å². The van der Waals surface area contributed by atoms with Crippen molar-refractivity contribution < 1.29 is 18.3 Å². The molecule has 2 rings (SSSR count). The summed E-state index contributed by atoms with van der Waals surface area (Å²) in [7, 11) is -3.31. The molecule has 0 radical (unpaired) electrons. The summed E-state index contributed by atoms with van der Waals surface area (Å²) in [4.78, 5) is 14.2. The van der Waals surface area contributed by atoms with E-state index in [1.54, 1.807) is 17.0 Å².